The summed E-state index contributed by atoms with van der Waals surface area (Å²) in [7, 11) is 0. The van der Waals surface area contributed by atoms with Gasteiger partial charge in [-0.25, -0.2) is 0 Å². The zero-order chi connectivity index (χ0) is 14.5. The molecule has 0 fully saturated rings. The summed E-state index contributed by atoms with van der Waals surface area (Å²) >= 11 is 6.21. The highest BCUT2D eigenvalue weighted by molar-refractivity contribution is 6.32. The van der Waals surface area contributed by atoms with Crippen LogP contribution in [0.15, 0.2) is 12.1 Å². The Labute approximate surface area is 124 Å². The molecule has 0 saturated carbocycles. The van der Waals surface area contributed by atoms with Gasteiger partial charge in [-0.05, 0) is 24.1 Å². The van der Waals surface area contributed by atoms with E-state index in [0.717, 1.165) is 18.4 Å². The average molecular weight is 298 g/mol. The molecule has 4 nitrogen and oxygen atoms in total. The molecule has 2 rings (SSSR count). The number of carbonyl (C=O) groups is 1. The van der Waals surface area contributed by atoms with Crippen molar-refractivity contribution in [3.63, 3.8) is 0 Å². The van der Waals surface area contributed by atoms with E-state index in [1.165, 1.54) is 0 Å². The van der Waals surface area contributed by atoms with Gasteiger partial charge in [-0.1, -0.05) is 25.4 Å². The molecule has 1 aliphatic rings. The Balaban J connectivity index is 2.08. The van der Waals surface area contributed by atoms with Gasteiger partial charge in [0, 0.05) is 18.9 Å². The van der Waals surface area contributed by atoms with Gasteiger partial charge in [-0.2, -0.15) is 0 Å². The quantitative estimate of drug-likeness (QED) is 0.928. The van der Waals surface area contributed by atoms with E-state index in [0.29, 0.717) is 36.3 Å². The Bertz CT molecular complexity index is 490. The Morgan fingerprint density at radius 2 is 2.15 bits per heavy atom. The van der Waals surface area contributed by atoms with Crippen LogP contribution in [0.25, 0.3) is 0 Å². The van der Waals surface area contributed by atoms with Gasteiger partial charge in [0.1, 0.15) is 0 Å². The summed E-state index contributed by atoms with van der Waals surface area (Å²) in [6.07, 6.45) is 1.67. The number of ether oxygens (including phenoxy) is 2. The third-order valence-electron chi connectivity index (χ3n) is 3.39. The van der Waals surface area contributed by atoms with Gasteiger partial charge in [0.15, 0.2) is 11.5 Å². The van der Waals surface area contributed by atoms with E-state index in [1.807, 2.05) is 26.0 Å². The molecule has 0 bridgehead atoms. The molecule has 20 heavy (non-hydrogen) atoms. The molecule has 0 aliphatic carbocycles. The minimum atomic E-state index is 0.0193. The van der Waals surface area contributed by atoms with Crippen LogP contribution in [-0.2, 0) is 11.3 Å². The first-order valence-corrected chi connectivity index (χ1v) is 7.35. The van der Waals surface area contributed by atoms with Crippen molar-refractivity contribution >= 4 is 17.5 Å². The molecule has 0 saturated heterocycles. The predicted octanol–water partition coefficient (Wildman–Crippen LogP) is 3.16. The second-order valence-electron chi connectivity index (χ2n) is 4.98. The van der Waals surface area contributed by atoms with Gasteiger partial charge in [0.05, 0.1) is 18.2 Å². The largest absolute Gasteiger partial charge is 0.489 e. The van der Waals surface area contributed by atoms with Crippen molar-refractivity contribution in [2.75, 3.05) is 13.2 Å². The van der Waals surface area contributed by atoms with Crippen molar-refractivity contribution < 1.29 is 14.3 Å². The van der Waals surface area contributed by atoms with Crippen molar-refractivity contribution in [2.45, 2.75) is 33.2 Å². The van der Waals surface area contributed by atoms with E-state index >= 15 is 0 Å². The van der Waals surface area contributed by atoms with Gasteiger partial charge in [-0.3, -0.25) is 4.79 Å². The molecule has 1 amide bonds. The van der Waals surface area contributed by atoms with Gasteiger partial charge in [-0.15, -0.1) is 0 Å². The number of halogens is 1. The van der Waals surface area contributed by atoms with Crippen LogP contribution in [0.4, 0.5) is 0 Å². The third kappa shape index (κ3) is 3.57. The molecule has 5 heteroatoms. The average Bonchev–Trinajstić information content (AvgIpc) is 2.69. The second kappa shape index (κ2) is 6.84. The standard InChI is InChI=1S/C15H20ClNO3/c1-3-10(2)15(18)17-9-11-7-12(16)14-13(8-11)19-5-4-6-20-14/h7-8,10H,3-6,9H2,1-2H3,(H,17,18). The lowest BCUT2D eigenvalue weighted by atomic mass is 10.1. The lowest BCUT2D eigenvalue weighted by Gasteiger charge is -2.13. The summed E-state index contributed by atoms with van der Waals surface area (Å²) in [5.74, 6) is 1.32. The summed E-state index contributed by atoms with van der Waals surface area (Å²) in [6.45, 7) is 5.58. The van der Waals surface area contributed by atoms with E-state index in [1.54, 1.807) is 0 Å². The third-order valence-corrected chi connectivity index (χ3v) is 3.67. The molecule has 1 aromatic carbocycles. The highest BCUT2D eigenvalue weighted by atomic mass is 35.5. The molecule has 0 radical (unpaired) electrons. The minimum Gasteiger partial charge on any atom is -0.489 e. The SMILES string of the molecule is CCC(C)C(=O)NCc1cc(Cl)c2c(c1)OCCCO2. The van der Waals surface area contributed by atoms with Crippen LogP contribution in [0.3, 0.4) is 0 Å². The first-order chi connectivity index (χ1) is 9.61. The molecular formula is C15H20ClNO3. The fourth-order valence-corrected chi connectivity index (χ4v) is 2.22. The van der Waals surface area contributed by atoms with E-state index in [4.69, 9.17) is 21.1 Å². The second-order valence-corrected chi connectivity index (χ2v) is 5.39. The van der Waals surface area contributed by atoms with Crippen molar-refractivity contribution in [2.24, 2.45) is 5.92 Å². The molecule has 1 aromatic rings. The Morgan fingerprint density at radius 1 is 1.40 bits per heavy atom. The number of fused-ring (bicyclic) bond motifs is 1. The molecule has 110 valence electrons. The van der Waals surface area contributed by atoms with E-state index in [9.17, 15) is 4.79 Å². The first-order valence-electron chi connectivity index (χ1n) is 6.97. The molecule has 0 spiro atoms. The Morgan fingerprint density at radius 3 is 2.90 bits per heavy atom. The van der Waals surface area contributed by atoms with Gasteiger partial charge in [0.2, 0.25) is 5.91 Å². The van der Waals surface area contributed by atoms with Crippen LogP contribution in [0.1, 0.15) is 32.3 Å². The maximum Gasteiger partial charge on any atom is 0.223 e. The monoisotopic (exact) mass is 297 g/mol. The predicted molar refractivity (Wildman–Crippen MR) is 78.4 cm³/mol. The Hall–Kier alpha value is -1.42. The lowest BCUT2D eigenvalue weighted by Crippen LogP contribution is -2.28. The van der Waals surface area contributed by atoms with Gasteiger partial charge in [0.25, 0.3) is 0 Å². The molecule has 1 heterocycles. The maximum absolute atomic E-state index is 11.8. The van der Waals surface area contributed by atoms with Gasteiger partial charge >= 0.3 is 0 Å². The normalized spacial score (nSPS) is 15.3. The summed E-state index contributed by atoms with van der Waals surface area (Å²) < 4.78 is 11.2. The van der Waals surface area contributed by atoms with Crippen molar-refractivity contribution in [3.8, 4) is 11.5 Å². The summed E-state index contributed by atoms with van der Waals surface area (Å²) in [5, 5.41) is 3.43. The summed E-state index contributed by atoms with van der Waals surface area (Å²) in [6, 6.07) is 3.69. The van der Waals surface area contributed by atoms with Gasteiger partial charge < -0.3 is 14.8 Å². The van der Waals surface area contributed by atoms with Crippen LogP contribution in [0.2, 0.25) is 5.02 Å². The number of amides is 1. The van der Waals surface area contributed by atoms with Crippen LogP contribution < -0.4 is 14.8 Å². The van der Waals surface area contributed by atoms with Crippen molar-refractivity contribution in [1.29, 1.82) is 0 Å². The smallest absolute Gasteiger partial charge is 0.223 e. The summed E-state index contributed by atoms with van der Waals surface area (Å²) in [5.41, 5.74) is 0.913. The number of nitrogens with one attached hydrogen (secondary N) is 1. The van der Waals surface area contributed by atoms with E-state index in [-0.39, 0.29) is 11.8 Å². The van der Waals surface area contributed by atoms with Crippen LogP contribution in [0.5, 0.6) is 11.5 Å². The molecule has 0 aromatic heterocycles. The number of rotatable bonds is 4. The van der Waals surface area contributed by atoms with Crippen LogP contribution >= 0.6 is 11.6 Å². The topological polar surface area (TPSA) is 47.6 Å². The molecule has 1 unspecified atom stereocenters. The number of benzene rings is 1. The highest BCUT2D eigenvalue weighted by Gasteiger charge is 2.16. The fourth-order valence-electron chi connectivity index (χ4n) is 1.94. The molecule has 1 N–H and O–H groups in total. The zero-order valence-electron chi connectivity index (χ0n) is 11.9. The number of hydrogen-bond donors (Lipinski definition) is 1. The Kier molecular flexibility index (Phi) is 5.12. The molecular weight excluding hydrogens is 278 g/mol. The molecule has 1 aliphatic heterocycles. The van der Waals surface area contributed by atoms with Crippen LogP contribution in [0, 0.1) is 5.92 Å². The van der Waals surface area contributed by atoms with E-state index < -0.39 is 0 Å². The summed E-state index contributed by atoms with van der Waals surface area (Å²) in [4.78, 5) is 11.8. The minimum absolute atomic E-state index is 0.0193. The maximum atomic E-state index is 11.8. The number of hydrogen-bond acceptors (Lipinski definition) is 3. The van der Waals surface area contributed by atoms with Crippen molar-refractivity contribution in [1.82, 2.24) is 5.32 Å². The number of carbonyl (C=O) groups excluding carboxylic acids is 1. The molecule has 1 atom stereocenters. The van der Waals surface area contributed by atoms with Crippen molar-refractivity contribution in [3.05, 3.63) is 22.7 Å². The highest BCUT2D eigenvalue weighted by Crippen LogP contribution is 2.37. The van der Waals surface area contributed by atoms with Crippen LogP contribution in [-0.4, -0.2) is 19.1 Å². The lowest BCUT2D eigenvalue weighted by molar-refractivity contribution is -0.124. The first kappa shape index (κ1) is 15.0. The van der Waals surface area contributed by atoms with E-state index in [2.05, 4.69) is 5.32 Å². The fraction of sp³-hybridized carbons (Fsp3) is 0.533. The zero-order valence-corrected chi connectivity index (χ0v) is 12.6.